The van der Waals surface area contributed by atoms with Crippen LogP contribution in [0.5, 0.6) is 11.5 Å². The summed E-state index contributed by atoms with van der Waals surface area (Å²) in [5.41, 5.74) is 1.52. The summed E-state index contributed by atoms with van der Waals surface area (Å²) in [4.78, 5) is 26.6. The van der Waals surface area contributed by atoms with Crippen molar-refractivity contribution < 1.29 is 23.4 Å². The molecule has 1 aromatic heterocycles. The van der Waals surface area contributed by atoms with Gasteiger partial charge in [0.1, 0.15) is 29.4 Å². The molecule has 0 radical (unpaired) electrons. The number of rotatable bonds is 13. The second-order valence-corrected chi connectivity index (χ2v) is 20.1. The number of methoxy groups -OCH3 is 2. The van der Waals surface area contributed by atoms with E-state index >= 15 is 0 Å². The van der Waals surface area contributed by atoms with Gasteiger partial charge in [-0.05, 0) is 66.0 Å². The minimum Gasteiger partial charge on any atom is -0.497 e. The zero-order valence-corrected chi connectivity index (χ0v) is 33.4. The molecule has 1 aliphatic rings. The zero-order valence-electron chi connectivity index (χ0n) is 30.3. The summed E-state index contributed by atoms with van der Waals surface area (Å²) in [6.45, 7) is 13.3. The third-order valence-electron chi connectivity index (χ3n) is 10.1. The molecule has 0 unspecified atom stereocenters. The van der Waals surface area contributed by atoms with Crippen molar-refractivity contribution in [3.63, 3.8) is 0 Å². The predicted octanol–water partition coefficient (Wildman–Crippen LogP) is 7.46. The summed E-state index contributed by atoms with van der Waals surface area (Å²) < 4.78 is 35.6. The molecule has 1 aliphatic heterocycles. The van der Waals surface area contributed by atoms with Crippen LogP contribution in [0.4, 0.5) is 0 Å². The molecule has 1 saturated heterocycles. The predicted molar refractivity (Wildman–Crippen MR) is 207 cm³/mol. The maximum Gasteiger partial charge on any atom is 0.333 e. The lowest BCUT2D eigenvalue weighted by Gasteiger charge is -2.40. The van der Waals surface area contributed by atoms with Crippen LogP contribution in [0.25, 0.3) is 0 Å². The van der Waals surface area contributed by atoms with E-state index in [1.807, 2.05) is 66.7 Å². The van der Waals surface area contributed by atoms with Crippen LogP contribution >= 0.6 is 22.6 Å². The number of hydrogen-bond acceptors (Lipinski definition) is 7. The van der Waals surface area contributed by atoms with E-state index in [0.29, 0.717) is 23.0 Å². The Kier molecular flexibility index (Phi) is 11.8. The fraction of sp³-hybridized carbons (Fsp3) is 0.436. The highest BCUT2D eigenvalue weighted by molar-refractivity contribution is 14.1. The first kappa shape index (κ1) is 38.0. The minimum absolute atomic E-state index is 0.0581. The molecule has 0 spiro atoms. The Balaban J connectivity index is 1.62. The van der Waals surface area contributed by atoms with Gasteiger partial charge in [0.05, 0.1) is 26.9 Å². The van der Waals surface area contributed by atoms with Gasteiger partial charge in [0, 0.05) is 29.2 Å². The van der Waals surface area contributed by atoms with E-state index in [1.54, 1.807) is 31.9 Å². The van der Waals surface area contributed by atoms with Gasteiger partial charge in [-0.25, -0.2) is 4.79 Å². The lowest BCUT2D eigenvalue weighted by molar-refractivity contribution is -0.0930. The third-order valence-corrected chi connectivity index (χ3v) is 15.0. The topological polar surface area (TPSA) is 90.2 Å². The molecule has 0 bridgehead atoms. The van der Waals surface area contributed by atoms with Crippen molar-refractivity contribution in [2.75, 3.05) is 25.3 Å². The summed E-state index contributed by atoms with van der Waals surface area (Å²) in [5, 5.41) is -0.0581. The molecule has 1 fully saturated rings. The number of aryl methyl sites for hydroxylation is 1. The number of halogens is 1. The highest BCUT2D eigenvalue weighted by atomic mass is 127. The molecule has 3 aromatic carbocycles. The molecule has 2 heterocycles. The summed E-state index contributed by atoms with van der Waals surface area (Å²) >= 11 is 2.18. The summed E-state index contributed by atoms with van der Waals surface area (Å²) in [5.74, 6) is 1.47. The molecular weight excluding hydrogens is 763 g/mol. The van der Waals surface area contributed by atoms with Crippen LogP contribution in [0.3, 0.4) is 0 Å². The van der Waals surface area contributed by atoms with E-state index in [4.69, 9.17) is 23.4 Å². The quantitative estimate of drug-likeness (QED) is 0.0600. The lowest BCUT2D eigenvalue weighted by Crippen LogP contribution is -2.47. The molecule has 11 heteroatoms. The fourth-order valence-electron chi connectivity index (χ4n) is 6.23. The maximum atomic E-state index is 13.7. The van der Waals surface area contributed by atoms with Crippen LogP contribution < -0.4 is 20.7 Å². The van der Waals surface area contributed by atoms with Crippen LogP contribution in [-0.2, 0) is 26.0 Å². The summed E-state index contributed by atoms with van der Waals surface area (Å²) in [7, 11) is 1.00. The highest BCUT2D eigenvalue weighted by Crippen LogP contribution is 2.44. The summed E-state index contributed by atoms with van der Waals surface area (Å²) in [6, 6.07) is 26.0. The van der Waals surface area contributed by atoms with Gasteiger partial charge in [-0.2, -0.15) is 0 Å². The smallest absolute Gasteiger partial charge is 0.333 e. The van der Waals surface area contributed by atoms with Gasteiger partial charge >= 0.3 is 5.69 Å². The largest absolute Gasteiger partial charge is 0.497 e. The van der Waals surface area contributed by atoms with Crippen LogP contribution in [0.15, 0.2) is 94.6 Å². The van der Waals surface area contributed by atoms with Crippen molar-refractivity contribution in [1.82, 2.24) is 9.13 Å². The van der Waals surface area contributed by atoms with Gasteiger partial charge in [0.25, 0.3) is 5.56 Å². The van der Waals surface area contributed by atoms with Crippen LogP contribution in [0.2, 0.25) is 18.1 Å². The normalized spacial score (nSPS) is 18.3. The van der Waals surface area contributed by atoms with Crippen molar-refractivity contribution in [3.8, 4) is 11.5 Å². The SMILES string of the molecule is COc1ccc(C(OC[C@H]2O[C@@H](n3cc(C)c(=O)n(CCI)c3=O)C[C@@H]2O[Si](C)(C)C(C)(C)C)(c2ccccc2)c2ccc(OC)cc2)cc1. The molecule has 268 valence electrons. The average molecular weight is 813 g/mol. The van der Waals surface area contributed by atoms with E-state index in [9.17, 15) is 9.59 Å². The van der Waals surface area contributed by atoms with Crippen molar-refractivity contribution in [1.29, 1.82) is 0 Å². The van der Waals surface area contributed by atoms with Crippen molar-refractivity contribution in [2.24, 2.45) is 0 Å². The fourth-order valence-corrected chi connectivity index (χ4v) is 8.07. The van der Waals surface area contributed by atoms with Gasteiger partial charge in [-0.1, -0.05) is 98.0 Å². The molecule has 0 aliphatic carbocycles. The Hall–Kier alpha value is -3.23. The van der Waals surface area contributed by atoms with Crippen LogP contribution in [-0.4, -0.2) is 54.9 Å². The Bertz CT molecular complexity index is 1800. The molecule has 50 heavy (non-hydrogen) atoms. The van der Waals surface area contributed by atoms with E-state index in [0.717, 1.165) is 28.2 Å². The molecule has 4 aromatic rings. The first-order chi connectivity index (χ1) is 23.7. The molecule has 3 atom stereocenters. The Morgan fingerprint density at radius 3 is 1.90 bits per heavy atom. The molecule has 5 rings (SSSR count). The standard InChI is InChI=1S/C39H49IN2O7Si/c1-27-25-42(37(44)41(23-22-40)36(27)43)35-24-33(49-50(7,8)38(2,3)4)34(48-35)26-47-39(28-12-10-9-11-13-28,29-14-18-31(45-5)19-15-29)30-16-20-32(46-6)21-17-30/h9-21,25,33-35H,22-24,26H2,1-8H3/t33-,34+,35+/m0/s1. The van der Waals surface area contributed by atoms with Crippen LogP contribution in [0.1, 0.15) is 55.7 Å². The number of ether oxygens (including phenoxy) is 4. The molecular formula is C39H49IN2O7Si. The zero-order chi connectivity index (χ0) is 36.3. The third kappa shape index (κ3) is 7.67. The van der Waals surface area contributed by atoms with Crippen molar-refractivity contribution in [2.45, 2.75) is 82.8 Å². The van der Waals surface area contributed by atoms with E-state index in [2.05, 4.69) is 68.6 Å². The van der Waals surface area contributed by atoms with Crippen molar-refractivity contribution in [3.05, 3.63) is 128 Å². The number of benzene rings is 3. The minimum atomic E-state index is -2.29. The Morgan fingerprint density at radius 2 is 1.40 bits per heavy atom. The van der Waals surface area contributed by atoms with E-state index in [-0.39, 0.29) is 29.0 Å². The van der Waals surface area contributed by atoms with Gasteiger partial charge < -0.3 is 23.4 Å². The number of aromatic nitrogens is 2. The average Bonchev–Trinajstić information content (AvgIpc) is 3.50. The first-order valence-corrected chi connectivity index (χ1v) is 21.4. The van der Waals surface area contributed by atoms with Gasteiger partial charge in [0.2, 0.25) is 0 Å². The maximum absolute atomic E-state index is 13.7. The van der Waals surface area contributed by atoms with Crippen molar-refractivity contribution >= 4 is 30.9 Å². The Morgan fingerprint density at radius 1 is 0.860 bits per heavy atom. The second-order valence-electron chi connectivity index (χ2n) is 14.2. The Labute approximate surface area is 309 Å². The second kappa shape index (κ2) is 15.6. The molecule has 0 N–H and O–H groups in total. The van der Waals surface area contributed by atoms with Gasteiger partial charge in [-0.15, -0.1) is 0 Å². The lowest BCUT2D eigenvalue weighted by atomic mass is 9.80. The molecule has 0 amide bonds. The first-order valence-electron chi connectivity index (χ1n) is 17.0. The monoisotopic (exact) mass is 812 g/mol. The van der Waals surface area contributed by atoms with Gasteiger partial charge in [0.15, 0.2) is 8.32 Å². The van der Waals surface area contributed by atoms with Crippen LogP contribution in [0, 0.1) is 6.92 Å². The highest BCUT2D eigenvalue weighted by Gasteiger charge is 2.47. The van der Waals surface area contributed by atoms with Gasteiger partial charge in [-0.3, -0.25) is 13.9 Å². The van der Waals surface area contributed by atoms with E-state index in [1.165, 1.54) is 4.57 Å². The number of nitrogens with zero attached hydrogens (tertiary/aromatic N) is 2. The molecule has 9 nitrogen and oxygen atoms in total. The summed E-state index contributed by atoms with van der Waals surface area (Å²) in [6.07, 6.45) is 0.531. The van der Waals surface area contributed by atoms with E-state index < -0.39 is 26.3 Å². The number of alkyl halides is 1. The number of hydrogen-bond donors (Lipinski definition) is 0. The molecule has 0 saturated carbocycles.